The molecule has 2 saturated heterocycles. The molecule has 0 aliphatic carbocycles. The first-order valence-corrected chi connectivity index (χ1v) is 12.1. The highest BCUT2D eigenvalue weighted by Crippen LogP contribution is 2.30. The van der Waals surface area contributed by atoms with E-state index in [4.69, 9.17) is 29.8 Å². The van der Waals surface area contributed by atoms with Crippen LogP contribution in [0.4, 0.5) is 10.6 Å². The number of amides is 1. The van der Waals surface area contributed by atoms with Crippen LogP contribution in [0.3, 0.4) is 0 Å². The monoisotopic (exact) mass is 485 g/mol. The second kappa shape index (κ2) is 8.87. The molecule has 2 aliphatic rings. The summed E-state index contributed by atoms with van der Waals surface area (Å²) in [6, 6.07) is 11.9. The van der Waals surface area contributed by atoms with Crippen LogP contribution >= 0.6 is 0 Å². The molecule has 10 nitrogen and oxygen atoms in total. The highest BCUT2D eigenvalue weighted by atomic mass is 16.5. The molecule has 0 bridgehead atoms. The van der Waals surface area contributed by atoms with E-state index in [2.05, 4.69) is 18.7 Å². The Morgan fingerprint density at radius 3 is 2.53 bits per heavy atom. The zero-order valence-electron chi connectivity index (χ0n) is 20.3. The molecule has 0 unspecified atom stereocenters. The van der Waals surface area contributed by atoms with Crippen molar-refractivity contribution < 1.29 is 14.6 Å². The zero-order valence-corrected chi connectivity index (χ0v) is 20.3. The third kappa shape index (κ3) is 3.93. The fourth-order valence-electron chi connectivity index (χ4n) is 4.70. The van der Waals surface area contributed by atoms with Crippen LogP contribution in [0.15, 0.2) is 42.0 Å². The van der Waals surface area contributed by atoms with Gasteiger partial charge in [0.05, 0.1) is 35.5 Å². The largest absolute Gasteiger partial charge is 0.465 e. The van der Waals surface area contributed by atoms with E-state index in [9.17, 15) is 4.79 Å². The summed E-state index contributed by atoms with van der Waals surface area (Å²) < 4.78 is 7.64. The first kappa shape index (κ1) is 22.4. The molecule has 184 valence electrons. The van der Waals surface area contributed by atoms with Gasteiger partial charge >= 0.3 is 6.09 Å². The van der Waals surface area contributed by atoms with E-state index in [0.29, 0.717) is 45.3 Å². The topological polar surface area (TPSA) is 110 Å². The summed E-state index contributed by atoms with van der Waals surface area (Å²) in [6.07, 6.45) is 1.05. The van der Waals surface area contributed by atoms with Gasteiger partial charge < -0.3 is 19.6 Å². The number of hydrogen-bond donors (Lipinski definition) is 1. The SMILES string of the molecule is CC(C)c1nc2ccccc2n1-c1nc(N2CCOCC2)c2nc(C=C3CN(C(=O)O)C3)ccc2n1. The van der Waals surface area contributed by atoms with E-state index in [1.807, 2.05) is 47.0 Å². The number of hydrogen-bond acceptors (Lipinski definition) is 7. The molecule has 1 amide bonds. The molecular formula is C26H27N7O3. The number of carboxylic acid groups (broad SMARTS) is 1. The molecule has 0 spiro atoms. The number of benzene rings is 1. The van der Waals surface area contributed by atoms with E-state index in [1.54, 1.807) is 0 Å². The maximum Gasteiger partial charge on any atom is 0.407 e. The van der Waals surface area contributed by atoms with Gasteiger partial charge in [-0.25, -0.2) is 19.7 Å². The second-order valence-electron chi connectivity index (χ2n) is 9.44. The highest BCUT2D eigenvalue weighted by molar-refractivity contribution is 5.88. The van der Waals surface area contributed by atoms with Gasteiger partial charge in [0.2, 0.25) is 5.95 Å². The number of rotatable bonds is 4. The number of para-hydroxylation sites is 2. The van der Waals surface area contributed by atoms with Gasteiger partial charge in [-0.1, -0.05) is 26.0 Å². The summed E-state index contributed by atoms with van der Waals surface area (Å²) in [5.41, 5.74) is 5.15. The lowest BCUT2D eigenvalue weighted by molar-refractivity contribution is 0.122. The van der Waals surface area contributed by atoms with Crippen molar-refractivity contribution in [1.82, 2.24) is 29.4 Å². The molecule has 1 aromatic carbocycles. The molecule has 2 aliphatic heterocycles. The average molecular weight is 486 g/mol. The number of carbonyl (C=O) groups is 1. The highest BCUT2D eigenvalue weighted by Gasteiger charge is 2.25. The fourth-order valence-corrected chi connectivity index (χ4v) is 4.70. The lowest BCUT2D eigenvalue weighted by Crippen LogP contribution is -2.43. The van der Waals surface area contributed by atoms with Gasteiger partial charge in [-0.3, -0.25) is 4.57 Å². The van der Waals surface area contributed by atoms with Crippen molar-refractivity contribution >= 4 is 40.1 Å². The lowest BCUT2D eigenvalue weighted by atomic mass is 10.1. The van der Waals surface area contributed by atoms with Crippen LogP contribution in [-0.2, 0) is 4.74 Å². The van der Waals surface area contributed by atoms with Crippen molar-refractivity contribution in [3.8, 4) is 5.95 Å². The maximum atomic E-state index is 11.1. The predicted molar refractivity (Wildman–Crippen MR) is 137 cm³/mol. The Morgan fingerprint density at radius 1 is 1.00 bits per heavy atom. The van der Waals surface area contributed by atoms with Crippen molar-refractivity contribution in [2.75, 3.05) is 44.3 Å². The van der Waals surface area contributed by atoms with E-state index < -0.39 is 6.09 Å². The van der Waals surface area contributed by atoms with Gasteiger partial charge in [0.15, 0.2) is 5.82 Å². The number of anilines is 1. The first-order chi connectivity index (χ1) is 17.5. The lowest BCUT2D eigenvalue weighted by Gasteiger charge is -2.31. The first-order valence-electron chi connectivity index (χ1n) is 12.1. The molecule has 3 aromatic heterocycles. The Labute approximate surface area is 207 Å². The van der Waals surface area contributed by atoms with Crippen molar-refractivity contribution in [2.24, 2.45) is 0 Å². The number of fused-ring (bicyclic) bond motifs is 2. The Hall–Kier alpha value is -4.05. The van der Waals surface area contributed by atoms with E-state index in [1.165, 1.54) is 4.90 Å². The summed E-state index contributed by atoms with van der Waals surface area (Å²) in [4.78, 5) is 34.4. The van der Waals surface area contributed by atoms with Crippen LogP contribution in [-0.4, -0.2) is 80.0 Å². The summed E-state index contributed by atoms with van der Waals surface area (Å²) in [7, 11) is 0. The standard InChI is InChI=1S/C26H27N7O3/c1-16(2)23-28-19-5-3-4-6-21(19)33(23)25-29-20-8-7-18(13-17-14-32(15-17)26(34)35)27-22(20)24(30-25)31-9-11-36-12-10-31/h3-8,13,16H,9-12,14-15H2,1-2H3,(H,34,35). The van der Waals surface area contributed by atoms with Gasteiger partial charge in [-0.05, 0) is 35.9 Å². The van der Waals surface area contributed by atoms with Crippen molar-refractivity contribution in [3.63, 3.8) is 0 Å². The normalized spacial score (nSPS) is 16.1. The van der Waals surface area contributed by atoms with Crippen LogP contribution < -0.4 is 4.90 Å². The smallest absolute Gasteiger partial charge is 0.407 e. The van der Waals surface area contributed by atoms with Crippen LogP contribution in [0.5, 0.6) is 0 Å². The third-order valence-corrected chi connectivity index (χ3v) is 6.56. The molecule has 1 N–H and O–H groups in total. The average Bonchev–Trinajstić information content (AvgIpc) is 3.26. The minimum atomic E-state index is -0.901. The molecule has 0 atom stereocenters. The molecule has 10 heteroatoms. The van der Waals surface area contributed by atoms with Gasteiger partial charge in [-0.2, -0.15) is 4.98 Å². The maximum absolute atomic E-state index is 11.1. The van der Waals surface area contributed by atoms with Crippen LogP contribution in [0.1, 0.15) is 31.3 Å². The number of nitrogens with zero attached hydrogens (tertiary/aromatic N) is 7. The fraction of sp³-hybridized carbons (Fsp3) is 0.346. The molecule has 0 saturated carbocycles. The molecule has 5 heterocycles. The van der Waals surface area contributed by atoms with Crippen LogP contribution in [0, 0.1) is 0 Å². The number of aromatic nitrogens is 5. The number of imidazole rings is 1. The van der Waals surface area contributed by atoms with Crippen molar-refractivity contribution in [3.05, 3.63) is 53.5 Å². The number of pyridine rings is 1. The van der Waals surface area contributed by atoms with Gasteiger partial charge in [-0.15, -0.1) is 0 Å². The molecule has 4 aromatic rings. The summed E-state index contributed by atoms with van der Waals surface area (Å²) in [5, 5.41) is 9.11. The molecule has 6 rings (SSSR count). The number of likely N-dealkylation sites (tertiary alicyclic amines) is 1. The molecule has 0 radical (unpaired) electrons. The Morgan fingerprint density at radius 2 is 1.78 bits per heavy atom. The minimum absolute atomic E-state index is 0.184. The van der Waals surface area contributed by atoms with Gasteiger partial charge in [0.25, 0.3) is 0 Å². The number of morpholine rings is 1. The van der Waals surface area contributed by atoms with Crippen LogP contribution in [0.2, 0.25) is 0 Å². The Balaban J connectivity index is 1.50. The molecular weight excluding hydrogens is 458 g/mol. The quantitative estimate of drug-likeness (QED) is 0.466. The summed E-state index contributed by atoms with van der Waals surface area (Å²) >= 11 is 0. The zero-order chi connectivity index (χ0) is 24.8. The van der Waals surface area contributed by atoms with Crippen molar-refractivity contribution in [2.45, 2.75) is 19.8 Å². The second-order valence-corrected chi connectivity index (χ2v) is 9.44. The van der Waals surface area contributed by atoms with Crippen molar-refractivity contribution in [1.29, 1.82) is 0 Å². The minimum Gasteiger partial charge on any atom is -0.465 e. The number of ether oxygens (including phenoxy) is 1. The molecule has 36 heavy (non-hydrogen) atoms. The van der Waals surface area contributed by atoms with E-state index in [0.717, 1.165) is 45.0 Å². The van der Waals surface area contributed by atoms with Gasteiger partial charge in [0.1, 0.15) is 11.3 Å². The van der Waals surface area contributed by atoms with E-state index >= 15 is 0 Å². The van der Waals surface area contributed by atoms with E-state index in [-0.39, 0.29) is 5.92 Å². The Kier molecular flexibility index (Phi) is 5.52. The summed E-state index contributed by atoms with van der Waals surface area (Å²) in [6.45, 7) is 7.74. The molecule has 2 fully saturated rings. The predicted octanol–water partition coefficient (Wildman–Crippen LogP) is 3.70. The summed E-state index contributed by atoms with van der Waals surface area (Å²) in [5.74, 6) is 2.44. The third-order valence-electron chi connectivity index (χ3n) is 6.56. The Bertz CT molecular complexity index is 1500. The van der Waals surface area contributed by atoms with Crippen LogP contribution in [0.25, 0.3) is 34.1 Å². The van der Waals surface area contributed by atoms with Gasteiger partial charge in [0, 0.05) is 32.1 Å².